The summed E-state index contributed by atoms with van der Waals surface area (Å²) >= 11 is 0. The molecule has 2 unspecified atom stereocenters. The average molecular weight is 194 g/mol. The predicted molar refractivity (Wildman–Crippen MR) is 46.7 cm³/mol. The summed E-state index contributed by atoms with van der Waals surface area (Å²) in [5.74, 6) is 0. The summed E-state index contributed by atoms with van der Waals surface area (Å²) in [5.41, 5.74) is 0.809. The molecule has 0 bridgehead atoms. The first-order valence-electron chi connectivity index (χ1n) is 4.00. The molecule has 0 spiro atoms. The van der Waals surface area contributed by atoms with Gasteiger partial charge in [0.2, 0.25) is 0 Å². The van der Waals surface area contributed by atoms with Crippen molar-refractivity contribution in [1.29, 1.82) is 5.26 Å². The Kier molecular flexibility index (Phi) is 3.54. The molecule has 0 aliphatic rings. The van der Waals surface area contributed by atoms with Crippen molar-refractivity contribution in [3.63, 3.8) is 0 Å². The third-order valence-electron chi connectivity index (χ3n) is 1.76. The Bertz CT molecular complexity index is 331. The van der Waals surface area contributed by atoms with Gasteiger partial charge in [0, 0.05) is 6.20 Å². The van der Waals surface area contributed by atoms with Crippen LogP contribution in [0.3, 0.4) is 0 Å². The molecular formula is C9H10N2O3. The quantitative estimate of drug-likeness (QED) is 0.563. The Balaban J connectivity index is 2.82. The third-order valence-corrected chi connectivity index (χ3v) is 1.76. The summed E-state index contributed by atoms with van der Waals surface area (Å²) in [6.45, 7) is -0.135. The van der Waals surface area contributed by atoms with Gasteiger partial charge in [0.1, 0.15) is 6.10 Å². The van der Waals surface area contributed by atoms with Gasteiger partial charge in [-0.1, -0.05) is 6.07 Å². The lowest BCUT2D eigenvalue weighted by Gasteiger charge is -2.10. The van der Waals surface area contributed by atoms with Gasteiger partial charge in [-0.25, -0.2) is 0 Å². The van der Waals surface area contributed by atoms with E-state index in [1.54, 1.807) is 6.07 Å². The van der Waals surface area contributed by atoms with Crippen molar-refractivity contribution >= 4 is 0 Å². The van der Waals surface area contributed by atoms with Crippen LogP contribution in [0.5, 0.6) is 0 Å². The smallest absolute Gasteiger partial charge is 0.171 e. The molecule has 0 aliphatic carbocycles. The maximum atomic E-state index is 9.36. The van der Waals surface area contributed by atoms with E-state index >= 15 is 0 Å². The molecule has 3 N–H and O–H groups in total. The molecule has 0 aliphatic heterocycles. The highest BCUT2D eigenvalue weighted by Crippen LogP contribution is 2.14. The maximum absolute atomic E-state index is 9.36. The molecule has 0 saturated carbocycles. The topological polar surface area (TPSA) is 97.4 Å². The summed E-state index contributed by atoms with van der Waals surface area (Å²) in [5, 5.41) is 35.4. The molecule has 1 aromatic rings. The second kappa shape index (κ2) is 4.67. The van der Waals surface area contributed by atoms with Crippen molar-refractivity contribution in [2.45, 2.75) is 18.8 Å². The van der Waals surface area contributed by atoms with Crippen molar-refractivity contribution in [3.05, 3.63) is 29.6 Å². The van der Waals surface area contributed by atoms with Gasteiger partial charge in [-0.2, -0.15) is 5.26 Å². The average Bonchev–Trinajstić information content (AvgIpc) is 2.27. The standard InChI is InChI=1S/C9H10N2O3/c10-3-8(13)9(14)7-2-1-6(5-12)4-11-7/h1-2,4,8-9,12-14H,5H2. The third kappa shape index (κ3) is 2.26. The maximum Gasteiger partial charge on any atom is 0.171 e. The molecule has 5 heteroatoms. The SMILES string of the molecule is N#CC(O)C(O)c1ccc(CO)cn1. The fourth-order valence-electron chi connectivity index (χ4n) is 0.937. The minimum atomic E-state index is -1.48. The monoisotopic (exact) mass is 194 g/mol. The number of pyridine rings is 1. The number of nitrogens with zero attached hydrogens (tertiary/aromatic N) is 2. The first kappa shape index (κ1) is 10.6. The molecule has 74 valence electrons. The van der Waals surface area contributed by atoms with E-state index < -0.39 is 12.2 Å². The van der Waals surface area contributed by atoms with Gasteiger partial charge in [-0.3, -0.25) is 4.98 Å². The van der Waals surface area contributed by atoms with Crippen molar-refractivity contribution in [2.75, 3.05) is 0 Å². The molecule has 0 radical (unpaired) electrons. The second-order valence-electron chi connectivity index (χ2n) is 2.77. The lowest BCUT2D eigenvalue weighted by Crippen LogP contribution is -2.16. The minimum absolute atomic E-state index is 0.135. The zero-order valence-electron chi connectivity index (χ0n) is 7.33. The fraction of sp³-hybridized carbons (Fsp3) is 0.333. The van der Waals surface area contributed by atoms with Crippen LogP contribution in [-0.4, -0.2) is 26.4 Å². The highest BCUT2D eigenvalue weighted by molar-refractivity contribution is 5.16. The van der Waals surface area contributed by atoms with Gasteiger partial charge in [0.25, 0.3) is 0 Å². The highest BCUT2D eigenvalue weighted by atomic mass is 16.3. The van der Waals surface area contributed by atoms with Crippen LogP contribution in [0.15, 0.2) is 18.3 Å². The Labute approximate surface area is 80.9 Å². The van der Waals surface area contributed by atoms with Crippen LogP contribution < -0.4 is 0 Å². The van der Waals surface area contributed by atoms with E-state index in [4.69, 9.17) is 15.5 Å². The predicted octanol–water partition coefficient (Wildman–Crippen LogP) is -0.508. The molecule has 0 aromatic carbocycles. The zero-order valence-corrected chi connectivity index (χ0v) is 7.33. The summed E-state index contributed by atoms with van der Waals surface area (Å²) in [4.78, 5) is 3.80. The van der Waals surface area contributed by atoms with Crippen LogP contribution in [0.25, 0.3) is 0 Å². The molecule has 5 nitrogen and oxygen atoms in total. The first-order valence-corrected chi connectivity index (χ1v) is 4.00. The number of aromatic nitrogens is 1. The van der Waals surface area contributed by atoms with Gasteiger partial charge in [0.05, 0.1) is 18.4 Å². The largest absolute Gasteiger partial charge is 0.392 e. The van der Waals surface area contributed by atoms with Gasteiger partial charge in [-0.15, -0.1) is 0 Å². The van der Waals surface area contributed by atoms with Crippen molar-refractivity contribution in [3.8, 4) is 6.07 Å². The van der Waals surface area contributed by atoms with Crippen LogP contribution in [0.1, 0.15) is 17.4 Å². The Morgan fingerprint density at radius 3 is 2.57 bits per heavy atom. The summed E-state index contributed by atoms with van der Waals surface area (Å²) < 4.78 is 0. The minimum Gasteiger partial charge on any atom is -0.392 e. The molecule has 1 rings (SSSR count). The van der Waals surface area contributed by atoms with Crippen LogP contribution in [0.4, 0.5) is 0 Å². The fourth-order valence-corrected chi connectivity index (χ4v) is 0.937. The summed E-state index contributed by atoms with van der Waals surface area (Å²) in [6, 6.07) is 4.53. The van der Waals surface area contributed by atoms with Gasteiger partial charge >= 0.3 is 0 Å². The van der Waals surface area contributed by atoms with Crippen LogP contribution in [0, 0.1) is 11.3 Å². The first-order chi connectivity index (χ1) is 6.69. The van der Waals surface area contributed by atoms with Crippen LogP contribution in [0.2, 0.25) is 0 Å². The number of hydrogen-bond acceptors (Lipinski definition) is 5. The Hall–Kier alpha value is -1.48. The Morgan fingerprint density at radius 1 is 1.43 bits per heavy atom. The van der Waals surface area contributed by atoms with E-state index in [9.17, 15) is 5.11 Å². The van der Waals surface area contributed by atoms with Crippen molar-refractivity contribution in [1.82, 2.24) is 4.98 Å². The molecule has 0 saturated heterocycles. The second-order valence-corrected chi connectivity index (χ2v) is 2.77. The normalized spacial score (nSPS) is 14.4. The molecule has 1 heterocycles. The number of hydrogen-bond donors (Lipinski definition) is 3. The molecule has 2 atom stereocenters. The van der Waals surface area contributed by atoms with Gasteiger partial charge < -0.3 is 15.3 Å². The zero-order chi connectivity index (χ0) is 10.6. The summed E-state index contributed by atoms with van der Waals surface area (Å²) in [7, 11) is 0. The van der Waals surface area contributed by atoms with E-state index in [0.29, 0.717) is 5.56 Å². The summed E-state index contributed by atoms with van der Waals surface area (Å²) in [6.07, 6.45) is -1.42. The van der Waals surface area contributed by atoms with E-state index in [1.165, 1.54) is 18.3 Å². The number of aliphatic hydroxyl groups excluding tert-OH is 3. The number of rotatable bonds is 3. The number of nitriles is 1. The van der Waals surface area contributed by atoms with Crippen LogP contribution in [-0.2, 0) is 6.61 Å². The van der Waals surface area contributed by atoms with E-state index in [-0.39, 0.29) is 12.3 Å². The van der Waals surface area contributed by atoms with Crippen LogP contribution >= 0.6 is 0 Å². The molecule has 0 amide bonds. The number of aliphatic hydroxyl groups is 3. The lowest BCUT2D eigenvalue weighted by atomic mass is 10.1. The van der Waals surface area contributed by atoms with Gasteiger partial charge in [-0.05, 0) is 11.6 Å². The molecule has 14 heavy (non-hydrogen) atoms. The van der Waals surface area contributed by atoms with E-state index in [0.717, 1.165) is 0 Å². The lowest BCUT2D eigenvalue weighted by molar-refractivity contribution is 0.0498. The Morgan fingerprint density at radius 2 is 2.14 bits per heavy atom. The van der Waals surface area contributed by atoms with E-state index in [2.05, 4.69) is 4.98 Å². The molecular weight excluding hydrogens is 184 g/mol. The molecule has 1 aromatic heterocycles. The van der Waals surface area contributed by atoms with Crippen molar-refractivity contribution < 1.29 is 15.3 Å². The van der Waals surface area contributed by atoms with Gasteiger partial charge in [0.15, 0.2) is 6.10 Å². The van der Waals surface area contributed by atoms with E-state index in [1.807, 2.05) is 0 Å². The highest BCUT2D eigenvalue weighted by Gasteiger charge is 2.18. The molecule has 0 fully saturated rings. The van der Waals surface area contributed by atoms with Crippen molar-refractivity contribution in [2.24, 2.45) is 0 Å².